The van der Waals surface area contributed by atoms with Crippen LogP contribution in [0.2, 0.25) is 15.1 Å². The van der Waals surface area contributed by atoms with Crippen LogP contribution in [0.25, 0.3) is 0 Å². The molecule has 4 rings (SSSR count). The summed E-state index contributed by atoms with van der Waals surface area (Å²) in [5, 5.41) is 5.22. The normalized spacial score (nSPS) is 22.8. The lowest BCUT2D eigenvalue weighted by Gasteiger charge is -2.38. The standard InChI is InChI=1S/C20H17BrCl3NO2/c1-26-15-7-9(6-12(21)20(15)27-2)18-11-5-3-4-10(11)16-17(24)13(22)8-14(23)19(16)25-18/h3-4,6-8,10-11,18,25H,5H2,1-2H3/t10-,11-,18+/m1/s1. The van der Waals surface area contributed by atoms with Gasteiger partial charge in [-0.1, -0.05) is 47.0 Å². The Balaban J connectivity index is 1.85. The molecule has 1 heterocycles. The van der Waals surface area contributed by atoms with Gasteiger partial charge in [-0.3, -0.25) is 0 Å². The highest BCUT2D eigenvalue weighted by Gasteiger charge is 2.41. The van der Waals surface area contributed by atoms with Gasteiger partial charge in [-0.05, 0) is 52.0 Å². The Kier molecular flexibility index (Phi) is 5.28. The molecule has 0 fully saturated rings. The molecule has 1 N–H and O–H groups in total. The summed E-state index contributed by atoms with van der Waals surface area (Å²) in [6.07, 6.45) is 5.33. The molecule has 0 saturated carbocycles. The van der Waals surface area contributed by atoms with Crippen molar-refractivity contribution in [3.05, 3.63) is 61.0 Å². The minimum atomic E-state index is 0.0448. The topological polar surface area (TPSA) is 30.5 Å². The average Bonchev–Trinajstić information content (AvgIpc) is 3.14. The molecule has 0 saturated heterocycles. The number of allylic oxidation sites excluding steroid dienone is 2. The van der Waals surface area contributed by atoms with Crippen LogP contribution in [0.3, 0.4) is 0 Å². The van der Waals surface area contributed by atoms with Crippen LogP contribution in [0.1, 0.15) is 29.5 Å². The van der Waals surface area contributed by atoms with Crippen LogP contribution in [0, 0.1) is 5.92 Å². The third-order valence-corrected chi connectivity index (χ3v) is 6.99. The first-order valence-corrected chi connectivity index (χ1v) is 10.4. The predicted octanol–water partition coefficient (Wildman–Crippen LogP) is 7.25. The molecule has 0 radical (unpaired) electrons. The zero-order chi connectivity index (χ0) is 19.3. The number of nitrogens with one attached hydrogen (secondary N) is 1. The molecule has 3 nitrogen and oxygen atoms in total. The molecule has 1 aliphatic carbocycles. The first-order chi connectivity index (χ1) is 13.0. The van der Waals surface area contributed by atoms with E-state index in [1.54, 1.807) is 20.3 Å². The summed E-state index contributed by atoms with van der Waals surface area (Å²) in [7, 11) is 3.26. The van der Waals surface area contributed by atoms with Gasteiger partial charge >= 0.3 is 0 Å². The van der Waals surface area contributed by atoms with Gasteiger partial charge in [0.05, 0.1) is 45.5 Å². The summed E-state index contributed by atoms with van der Waals surface area (Å²) in [6.45, 7) is 0. The number of methoxy groups -OCH3 is 2. The van der Waals surface area contributed by atoms with E-state index in [2.05, 4.69) is 39.5 Å². The van der Waals surface area contributed by atoms with Crippen LogP contribution in [0.5, 0.6) is 11.5 Å². The van der Waals surface area contributed by atoms with Crippen molar-refractivity contribution in [2.24, 2.45) is 5.92 Å². The minimum absolute atomic E-state index is 0.0448. The van der Waals surface area contributed by atoms with Gasteiger partial charge in [0.15, 0.2) is 11.5 Å². The van der Waals surface area contributed by atoms with Gasteiger partial charge in [0.2, 0.25) is 0 Å². The second-order valence-electron chi connectivity index (χ2n) is 6.66. The highest BCUT2D eigenvalue weighted by Crippen LogP contribution is 2.55. The van der Waals surface area contributed by atoms with Gasteiger partial charge in [-0.2, -0.15) is 0 Å². The Morgan fingerprint density at radius 2 is 1.85 bits per heavy atom. The molecule has 1 aliphatic heterocycles. The maximum absolute atomic E-state index is 6.55. The van der Waals surface area contributed by atoms with Gasteiger partial charge in [-0.25, -0.2) is 0 Å². The van der Waals surface area contributed by atoms with Crippen LogP contribution < -0.4 is 14.8 Å². The molecular formula is C20H17BrCl3NO2. The number of anilines is 1. The molecule has 2 aromatic carbocycles. The number of fused-ring (bicyclic) bond motifs is 3. The second-order valence-corrected chi connectivity index (χ2v) is 8.70. The van der Waals surface area contributed by atoms with E-state index >= 15 is 0 Å². The lowest BCUT2D eigenvalue weighted by Crippen LogP contribution is -2.29. The Morgan fingerprint density at radius 3 is 2.56 bits per heavy atom. The smallest absolute Gasteiger partial charge is 0.174 e. The maximum atomic E-state index is 6.55. The Hall–Kier alpha value is -1.07. The fraction of sp³-hybridized carbons (Fsp3) is 0.300. The van der Waals surface area contributed by atoms with Crippen LogP contribution in [-0.2, 0) is 0 Å². The van der Waals surface area contributed by atoms with E-state index in [9.17, 15) is 0 Å². The number of hydrogen-bond donors (Lipinski definition) is 1. The lowest BCUT2D eigenvalue weighted by molar-refractivity contribution is 0.351. The molecule has 2 aromatic rings. The van der Waals surface area contributed by atoms with Crippen molar-refractivity contribution in [1.29, 1.82) is 0 Å². The van der Waals surface area contributed by atoms with Crippen molar-refractivity contribution in [3.63, 3.8) is 0 Å². The first kappa shape index (κ1) is 19.3. The zero-order valence-corrected chi connectivity index (χ0v) is 18.5. The Bertz CT molecular complexity index is 948. The van der Waals surface area contributed by atoms with E-state index in [1.807, 2.05) is 6.07 Å². The summed E-state index contributed by atoms with van der Waals surface area (Å²) in [5.41, 5.74) is 2.91. The summed E-state index contributed by atoms with van der Waals surface area (Å²) in [4.78, 5) is 0. The Labute approximate surface area is 181 Å². The van der Waals surface area contributed by atoms with Crippen molar-refractivity contribution in [3.8, 4) is 11.5 Å². The quantitative estimate of drug-likeness (QED) is 0.364. The van der Waals surface area contributed by atoms with E-state index in [4.69, 9.17) is 44.3 Å². The fourth-order valence-electron chi connectivity index (χ4n) is 4.11. The Morgan fingerprint density at radius 1 is 1.07 bits per heavy atom. The summed E-state index contributed by atoms with van der Waals surface area (Å²) >= 11 is 22.9. The number of hydrogen-bond acceptors (Lipinski definition) is 3. The van der Waals surface area contributed by atoms with Crippen LogP contribution >= 0.6 is 50.7 Å². The average molecular weight is 490 g/mol. The van der Waals surface area contributed by atoms with Crippen molar-refractivity contribution in [2.75, 3.05) is 19.5 Å². The van der Waals surface area contributed by atoms with Crippen molar-refractivity contribution >= 4 is 56.4 Å². The largest absolute Gasteiger partial charge is 0.493 e. The van der Waals surface area contributed by atoms with Gasteiger partial charge in [-0.15, -0.1) is 0 Å². The van der Waals surface area contributed by atoms with Crippen molar-refractivity contribution in [2.45, 2.75) is 18.4 Å². The number of rotatable bonds is 3. The number of halogens is 4. The van der Waals surface area contributed by atoms with Gasteiger partial charge in [0.1, 0.15) is 0 Å². The molecule has 0 spiro atoms. The van der Waals surface area contributed by atoms with Crippen LogP contribution in [0.4, 0.5) is 5.69 Å². The maximum Gasteiger partial charge on any atom is 0.174 e. The molecule has 0 bridgehead atoms. The van der Waals surface area contributed by atoms with E-state index in [0.29, 0.717) is 32.5 Å². The molecule has 0 amide bonds. The fourth-order valence-corrected chi connectivity index (χ4v) is 5.54. The number of benzene rings is 2. The summed E-state index contributed by atoms with van der Waals surface area (Å²) < 4.78 is 11.8. The van der Waals surface area contributed by atoms with Crippen molar-refractivity contribution < 1.29 is 9.47 Å². The van der Waals surface area contributed by atoms with Crippen LogP contribution in [0.15, 0.2) is 34.8 Å². The molecule has 2 aliphatic rings. The molecule has 0 aromatic heterocycles. The highest BCUT2D eigenvalue weighted by atomic mass is 79.9. The SMILES string of the molecule is COc1cc([C@@H]2Nc3c(Cl)cc(Cl)c(Cl)c3[C@@H]3C=CC[C@H]32)cc(Br)c1OC. The van der Waals surface area contributed by atoms with E-state index in [0.717, 1.165) is 27.7 Å². The first-order valence-electron chi connectivity index (χ1n) is 8.48. The summed E-state index contributed by atoms with van der Waals surface area (Å²) in [6, 6.07) is 5.80. The zero-order valence-electron chi connectivity index (χ0n) is 14.7. The van der Waals surface area contributed by atoms with Gasteiger partial charge in [0.25, 0.3) is 0 Å². The molecular weight excluding hydrogens is 472 g/mol. The molecule has 142 valence electrons. The third-order valence-electron chi connectivity index (χ3n) is 5.30. The molecule has 3 atom stereocenters. The highest BCUT2D eigenvalue weighted by molar-refractivity contribution is 9.10. The van der Waals surface area contributed by atoms with E-state index in [-0.39, 0.29) is 12.0 Å². The molecule has 0 unspecified atom stereocenters. The van der Waals surface area contributed by atoms with Crippen LogP contribution in [-0.4, -0.2) is 14.2 Å². The predicted molar refractivity (Wildman–Crippen MR) is 115 cm³/mol. The second kappa shape index (κ2) is 7.40. The van der Waals surface area contributed by atoms with Gasteiger partial charge < -0.3 is 14.8 Å². The monoisotopic (exact) mass is 487 g/mol. The van der Waals surface area contributed by atoms with Gasteiger partial charge in [0, 0.05) is 11.5 Å². The molecule has 27 heavy (non-hydrogen) atoms. The van der Waals surface area contributed by atoms with Crippen molar-refractivity contribution in [1.82, 2.24) is 0 Å². The van der Waals surface area contributed by atoms with E-state index in [1.165, 1.54) is 0 Å². The molecule has 7 heteroatoms. The summed E-state index contributed by atoms with van der Waals surface area (Å²) in [5.74, 6) is 1.81. The third kappa shape index (κ3) is 3.11. The minimum Gasteiger partial charge on any atom is -0.493 e. The lowest BCUT2D eigenvalue weighted by atomic mass is 9.77. The number of ether oxygens (including phenoxy) is 2. The van der Waals surface area contributed by atoms with E-state index < -0.39 is 0 Å².